The van der Waals surface area contributed by atoms with Gasteiger partial charge < -0.3 is 9.80 Å². The van der Waals surface area contributed by atoms with Crippen LogP contribution in [0.5, 0.6) is 0 Å². The number of aromatic nitrogens is 2. The lowest BCUT2D eigenvalue weighted by Crippen LogP contribution is -2.39. The zero-order valence-corrected chi connectivity index (χ0v) is 14.8. The summed E-state index contributed by atoms with van der Waals surface area (Å²) in [6.07, 6.45) is 3.36. The van der Waals surface area contributed by atoms with Gasteiger partial charge in [0.2, 0.25) is 5.91 Å². The van der Waals surface area contributed by atoms with Crippen LogP contribution >= 0.6 is 0 Å². The highest BCUT2D eigenvalue weighted by molar-refractivity contribution is 5.73. The van der Waals surface area contributed by atoms with Gasteiger partial charge in [-0.25, -0.2) is 4.68 Å². The summed E-state index contributed by atoms with van der Waals surface area (Å²) in [6, 6.07) is 3.38. The molecule has 2 saturated heterocycles. The summed E-state index contributed by atoms with van der Waals surface area (Å²) in [7, 11) is 0. The average molecular weight is 332 g/mol. The van der Waals surface area contributed by atoms with Crippen molar-refractivity contribution in [1.29, 1.82) is 0 Å². The Labute approximate surface area is 143 Å². The Morgan fingerprint density at radius 1 is 1.12 bits per heavy atom. The van der Waals surface area contributed by atoms with Gasteiger partial charge >= 0.3 is 0 Å². The van der Waals surface area contributed by atoms with Gasteiger partial charge in [-0.3, -0.25) is 9.59 Å². The SMILES string of the molecule is CC(=O)N1CCC(CN2CCC(Cn3nc(C)ccc3=O)CC2)C1. The van der Waals surface area contributed by atoms with E-state index in [0.29, 0.717) is 11.8 Å². The minimum atomic E-state index is -0.00157. The van der Waals surface area contributed by atoms with Crippen LogP contribution in [0.1, 0.15) is 31.9 Å². The van der Waals surface area contributed by atoms with Crippen molar-refractivity contribution in [2.75, 3.05) is 32.7 Å². The summed E-state index contributed by atoms with van der Waals surface area (Å²) in [4.78, 5) is 27.8. The molecule has 0 spiro atoms. The summed E-state index contributed by atoms with van der Waals surface area (Å²) in [5.41, 5.74) is 0.890. The molecule has 0 saturated carbocycles. The molecule has 1 unspecified atom stereocenters. The quantitative estimate of drug-likeness (QED) is 0.829. The molecule has 1 amide bonds. The highest BCUT2D eigenvalue weighted by Gasteiger charge is 2.27. The lowest BCUT2D eigenvalue weighted by molar-refractivity contribution is -0.127. The lowest BCUT2D eigenvalue weighted by atomic mass is 9.95. The number of amides is 1. The third-order valence-electron chi connectivity index (χ3n) is 5.39. The number of nitrogens with zero attached hydrogens (tertiary/aromatic N) is 4. The summed E-state index contributed by atoms with van der Waals surface area (Å²) < 4.78 is 1.62. The first kappa shape index (κ1) is 17.1. The number of piperidine rings is 1. The van der Waals surface area contributed by atoms with Gasteiger partial charge in [-0.2, -0.15) is 5.10 Å². The molecule has 132 valence electrons. The van der Waals surface area contributed by atoms with Gasteiger partial charge in [-0.1, -0.05) is 0 Å². The van der Waals surface area contributed by atoms with Crippen LogP contribution in [0, 0.1) is 18.8 Å². The molecule has 3 rings (SSSR count). The molecule has 1 atom stereocenters. The fourth-order valence-corrected chi connectivity index (χ4v) is 3.91. The third kappa shape index (κ3) is 4.23. The fourth-order valence-electron chi connectivity index (χ4n) is 3.91. The molecule has 1 aromatic heterocycles. The van der Waals surface area contributed by atoms with Crippen LogP contribution in [-0.4, -0.2) is 58.2 Å². The van der Waals surface area contributed by atoms with Gasteiger partial charge in [0.05, 0.1) is 5.69 Å². The average Bonchev–Trinajstić information content (AvgIpc) is 3.02. The van der Waals surface area contributed by atoms with Crippen molar-refractivity contribution in [1.82, 2.24) is 19.6 Å². The van der Waals surface area contributed by atoms with E-state index in [-0.39, 0.29) is 11.5 Å². The summed E-state index contributed by atoms with van der Waals surface area (Å²) in [6.45, 7) is 9.41. The number of hydrogen-bond acceptors (Lipinski definition) is 4. The standard InChI is InChI=1S/C18H28N4O2/c1-14-3-4-18(24)22(19-14)13-16-5-8-20(9-6-16)11-17-7-10-21(12-17)15(2)23/h3-4,16-17H,5-13H2,1-2H3. The second kappa shape index (κ2) is 7.47. The maximum Gasteiger partial charge on any atom is 0.266 e. The number of hydrogen-bond donors (Lipinski definition) is 0. The van der Waals surface area contributed by atoms with Gasteiger partial charge in [-0.15, -0.1) is 0 Å². The fraction of sp³-hybridized carbons (Fsp3) is 0.722. The van der Waals surface area contributed by atoms with Crippen LogP contribution < -0.4 is 5.56 Å². The highest BCUT2D eigenvalue weighted by Crippen LogP contribution is 2.22. The van der Waals surface area contributed by atoms with Gasteiger partial charge in [0.15, 0.2) is 0 Å². The van der Waals surface area contributed by atoms with Crippen molar-refractivity contribution < 1.29 is 4.79 Å². The molecule has 0 N–H and O–H groups in total. The number of carbonyl (C=O) groups excluding carboxylic acids is 1. The van der Waals surface area contributed by atoms with Crippen molar-refractivity contribution in [2.45, 2.75) is 39.7 Å². The van der Waals surface area contributed by atoms with Crippen molar-refractivity contribution in [3.63, 3.8) is 0 Å². The largest absolute Gasteiger partial charge is 0.343 e. The van der Waals surface area contributed by atoms with Crippen molar-refractivity contribution in [2.24, 2.45) is 11.8 Å². The molecule has 2 fully saturated rings. The summed E-state index contributed by atoms with van der Waals surface area (Å²) in [5, 5.41) is 4.35. The Morgan fingerprint density at radius 2 is 1.83 bits per heavy atom. The Balaban J connectivity index is 1.45. The van der Waals surface area contributed by atoms with E-state index >= 15 is 0 Å². The number of aryl methyl sites for hydroxylation is 1. The Morgan fingerprint density at radius 3 is 2.50 bits per heavy atom. The maximum atomic E-state index is 11.9. The molecule has 0 radical (unpaired) electrons. The molecule has 6 nitrogen and oxygen atoms in total. The molecule has 0 aromatic carbocycles. The lowest BCUT2D eigenvalue weighted by Gasteiger charge is -2.33. The first-order valence-corrected chi connectivity index (χ1v) is 9.04. The number of likely N-dealkylation sites (tertiary alicyclic amines) is 2. The molecule has 24 heavy (non-hydrogen) atoms. The smallest absolute Gasteiger partial charge is 0.266 e. The number of rotatable bonds is 4. The first-order valence-electron chi connectivity index (χ1n) is 9.04. The van der Waals surface area contributed by atoms with E-state index < -0.39 is 0 Å². The first-order chi connectivity index (χ1) is 11.5. The van der Waals surface area contributed by atoms with Crippen LogP contribution in [0.3, 0.4) is 0 Å². The summed E-state index contributed by atoms with van der Waals surface area (Å²) >= 11 is 0. The summed E-state index contributed by atoms with van der Waals surface area (Å²) in [5.74, 6) is 1.35. The maximum absolute atomic E-state index is 11.9. The predicted octanol–water partition coefficient (Wildman–Crippen LogP) is 1.13. The second-order valence-electron chi connectivity index (χ2n) is 7.36. The van der Waals surface area contributed by atoms with Crippen molar-refractivity contribution in [3.8, 4) is 0 Å². The van der Waals surface area contributed by atoms with E-state index in [2.05, 4.69) is 10.00 Å². The zero-order valence-electron chi connectivity index (χ0n) is 14.8. The van der Waals surface area contributed by atoms with E-state index in [4.69, 9.17) is 0 Å². The Bertz CT molecular complexity index is 634. The molecule has 3 heterocycles. The Kier molecular flexibility index (Phi) is 5.33. The molecule has 6 heteroatoms. The number of carbonyl (C=O) groups is 1. The minimum Gasteiger partial charge on any atom is -0.343 e. The zero-order chi connectivity index (χ0) is 17.1. The van der Waals surface area contributed by atoms with E-state index in [1.807, 2.05) is 11.8 Å². The van der Waals surface area contributed by atoms with E-state index in [9.17, 15) is 9.59 Å². The van der Waals surface area contributed by atoms with Gasteiger partial charge in [0.1, 0.15) is 0 Å². The van der Waals surface area contributed by atoms with Gasteiger partial charge in [0.25, 0.3) is 5.56 Å². The van der Waals surface area contributed by atoms with E-state index in [1.54, 1.807) is 23.7 Å². The van der Waals surface area contributed by atoms with E-state index in [0.717, 1.165) is 64.2 Å². The molecule has 2 aliphatic rings. The molecule has 2 aliphatic heterocycles. The molecule has 1 aromatic rings. The van der Waals surface area contributed by atoms with Crippen molar-refractivity contribution >= 4 is 5.91 Å². The van der Waals surface area contributed by atoms with Crippen LogP contribution in [0.4, 0.5) is 0 Å². The van der Waals surface area contributed by atoms with Crippen molar-refractivity contribution in [3.05, 3.63) is 28.2 Å². The van der Waals surface area contributed by atoms with Gasteiger partial charge in [-0.05, 0) is 57.2 Å². The van der Waals surface area contributed by atoms with E-state index in [1.165, 1.54) is 0 Å². The second-order valence-corrected chi connectivity index (χ2v) is 7.36. The predicted molar refractivity (Wildman–Crippen MR) is 92.8 cm³/mol. The normalized spacial score (nSPS) is 22.9. The third-order valence-corrected chi connectivity index (χ3v) is 5.39. The highest BCUT2D eigenvalue weighted by atomic mass is 16.2. The van der Waals surface area contributed by atoms with Crippen LogP contribution in [0.25, 0.3) is 0 Å². The molecular weight excluding hydrogens is 304 g/mol. The van der Waals surface area contributed by atoms with Crippen LogP contribution in [0.15, 0.2) is 16.9 Å². The molecule has 0 aliphatic carbocycles. The molecular formula is C18H28N4O2. The topological polar surface area (TPSA) is 58.4 Å². The monoisotopic (exact) mass is 332 g/mol. The van der Waals surface area contributed by atoms with Crippen LogP contribution in [0.2, 0.25) is 0 Å². The molecule has 0 bridgehead atoms. The van der Waals surface area contributed by atoms with Gasteiger partial charge in [0, 0.05) is 39.2 Å². The minimum absolute atomic E-state index is 0.00157. The Hall–Kier alpha value is -1.69. The van der Waals surface area contributed by atoms with Crippen LogP contribution in [-0.2, 0) is 11.3 Å².